The maximum atomic E-state index is 7.88. The molecule has 0 saturated heterocycles. The van der Waals surface area contributed by atoms with Gasteiger partial charge in [0, 0.05) is 6.61 Å². The van der Waals surface area contributed by atoms with E-state index in [1.54, 1.807) is 0 Å². The molecule has 0 aliphatic rings. The van der Waals surface area contributed by atoms with E-state index < -0.39 is 0 Å². The molecule has 0 aliphatic heterocycles. The van der Waals surface area contributed by atoms with Crippen molar-refractivity contribution in [2.24, 2.45) is 0 Å². The third kappa shape index (κ3) is 43.6. The third-order valence-corrected chi connectivity index (χ3v) is 0.512. The van der Waals surface area contributed by atoms with E-state index in [4.69, 9.17) is 5.11 Å². The van der Waals surface area contributed by atoms with Crippen LogP contribution in [0.15, 0.2) is 12.7 Å². The first-order chi connectivity index (χ1) is 3.83. The minimum Gasteiger partial charge on any atom is -0.396 e. The van der Waals surface area contributed by atoms with Gasteiger partial charge in [-0.05, 0) is 12.8 Å². The number of aliphatic hydroxyl groups excluding tert-OH is 1. The van der Waals surface area contributed by atoms with Crippen LogP contribution < -0.4 is 0 Å². The molecule has 1 heteroatoms. The fourth-order valence-electron chi connectivity index (χ4n) is 0. The van der Waals surface area contributed by atoms with Gasteiger partial charge in [0.05, 0.1) is 0 Å². The summed E-state index contributed by atoms with van der Waals surface area (Å²) in [6.45, 7) is 7.79. The first-order valence-corrected chi connectivity index (χ1v) is 3.05. The first kappa shape index (κ1) is 10.6. The molecule has 0 atom stereocenters. The molecule has 50 valence electrons. The second kappa shape index (κ2) is 15.9. The number of allylic oxidation sites excluding steroid dienone is 1. The van der Waals surface area contributed by atoms with Gasteiger partial charge in [0.15, 0.2) is 0 Å². The van der Waals surface area contributed by atoms with Gasteiger partial charge in [-0.1, -0.05) is 19.9 Å². The molecule has 1 N–H and O–H groups in total. The van der Waals surface area contributed by atoms with Crippen LogP contribution in [0.3, 0.4) is 0 Å². The highest BCUT2D eigenvalue weighted by atomic mass is 16.2. The van der Waals surface area contributed by atoms with Crippen molar-refractivity contribution in [1.29, 1.82) is 0 Å². The molecular formula is C7H16O. The van der Waals surface area contributed by atoms with Crippen molar-refractivity contribution in [3.05, 3.63) is 12.7 Å². The van der Waals surface area contributed by atoms with Gasteiger partial charge in [-0.2, -0.15) is 0 Å². The van der Waals surface area contributed by atoms with Gasteiger partial charge in [-0.25, -0.2) is 0 Å². The lowest BCUT2D eigenvalue weighted by molar-refractivity contribution is 0.295. The number of hydrogen-bond acceptors (Lipinski definition) is 1. The molecule has 0 fully saturated rings. The van der Waals surface area contributed by atoms with Crippen molar-refractivity contribution in [3.8, 4) is 0 Å². The zero-order chi connectivity index (χ0) is 6.83. The highest BCUT2D eigenvalue weighted by Gasteiger charge is 1.57. The minimum absolute atomic E-state index is 0.319. The van der Waals surface area contributed by atoms with E-state index in [-0.39, 0.29) is 0 Å². The van der Waals surface area contributed by atoms with Crippen LogP contribution in [0.25, 0.3) is 0 Å². The molecule has 0 rings (SSSR count). The maximum absolute atomic E-state index is 7.88. The maximum Gasteiger partial charge on any atom is 0.0428 e. The fourth-order valence-corrected chi connectivity index (χ4v) is 0. The summed E-state index contributed by atoms with van der Waals surface area (Å²) in [5.74, 6) is 0. The first-order valence-electron chi connectivity index (χ1n) is 3.05. The normalized spacial score (nSPS) is 6.88. The molecule has 0 aromatic rings. The molecule has 0 bridgehead atoms. The zero-order valence-electron chi connectivity index (χ0n) is 5.85. The lowest BCUT2D eigenvalue weighted by Gasteiger charge is -1.69. The summed E-state index contributed by atoms with van der Waals surface area (Å²) < 4.78 is 0. The molecule has 0 aliphatic carbocycles. The molecular weight excluding hydrogens is 100 g/mol. The van der Waals surface area contributed by atoms with E-state index in [1.807, 2.05) is 13.0 Å². The van der Waals surface area contributed by atoms with Crippen molar-refractivity contribution in [2.75, 3.05) is 6.61 Å². The van der Waals surface area contributed by atoms with Crippen molar-refractivity contribution in [2.45, 2.75) is 26.7 Å². The standard InChI is InChI=1S/C4H8.C3H8O/c1-3-4-2;1-2-3-4/h3H,1,4H2,2H3;4H,2-3H2,1H3. The predicted molar refractivity (Wildman–Crippen MR) is 37.9 cm³/mol. The summed E-state index contributed by atoms with van der Waals surface area (Å²) in [6.07, 6.45) is 3.83. The summed E-state index contributed by atoms with van der Waals surface area (Å²) in [5.41, 5.74) is 0. The van der Waals surface area contributed by atoms with Crippen LogP contribution in [0.1, 0.15) is 26.7 Å². The monoisotopic (exact) mass is 116 g/mol. The molecule has 0 amide bonds. The van der Waals surface area contributed by atoms with Gasteiger partial charge < -0.3 is 5.11 Å². The fraction of sp³-hybridized carbons (Fsp3) is 0.714. The Morgan fingerprint density at radius 3 is 1.75 bits per heavy atom. The zero-order valence-corrected chi connectivity index (χ0v) is 5.85. The Morgan fingerprint density at radius 2 is 1.75 bits per heavy atom. The Bertz CT molecular complexity index is 31.4. The van der Waals surface area contributed by atoms with Crippen LogP contribution in [0.2, 0.25) is 0 Å². The molecule has 0 aromatic heterocycles. The van der Waals surface area contributed by atoms with Gasteiger partial charge >= 0.3 is 0 Å². The van der Waals surface area contributed by atoms with Gasteiger partial charge in [0.1, 0.15) is 0 Å². The van der Waals surface area contributed by atoms with Crippen LogP contribution >= 0.6 is 0 Å². The van der Waals surface area contributed by atoms with E-state index in [0.717, 1.165) is 12.8 Å². The predicted octanol–water partition coefficient (Wildman–Crippen LogP) is 1.97. The number of hydrogen-bond donors (Lipinski definition) is 1. The van der Waals surface area contributed by atoms with Gasteiger partial charge in [0.2, 0.25) is 0 Å². The van der Waals surface area contributed by atoms with Crippen LogP contribution in [0.4, 0.5) is 0 Å². The quantitative estimate of drug-likeness (QED) is 0.547. The van der Waals surface area contributed by atoms with Crippen LogP contribution in [0, 0.1) is 0 Å². The van der Waals surface area contributed by atoms with E-state index in [0.29, 0.717) is 6.61 Å². The second-order valence-electron chi connectivity index (χ2n) is 1.42. The number of aliphatic hydroxyl groups is 1. The van der Waals surface area contributed by atoms with Gasteiger partial charge in [-0.15, -0.1) is 6.58 Å². The molecule has 0 aromatic carbocycles. The Hall–Kier alpha value is -0.300. The Kier molecular flexibility index (Phi) is 21.1. The lowest BCUT2D eigenvalue weighted by atomic mass is 10.5. The van der Waals surface area contributed by atoms with Crippen LogP contribution in [-0.4, -0.2) is 11.7 Å². The SMILES string of the molecule is C=CCC.CCCO. The largest absolute Gasteiger partial charge is 0.396 e. The average Bonchev–Trinajstić information content (AvgIpc) is 1.88. The molecule has 0 spiro atoms. The van der Waals surface area contributed by atoms with Crippen LogP contribution in [0.5, 0.6) is 0 Å². The molecule has 8 heavy (non-hydrogen) atoms. The highest BCUT2D eigenvalue weighted by Crippen LogP contribution is 1.66. The summed E-state index contributed by atoms with van der Waals surface area (Å²) >= 11 is 0. The van der Waals surface area contributed by atoms with Gasteiger partial charge in [0.25, 0.3) is 0 Å². The van der Waals surface area contributed by atoms with Crippen molar-refractivity contribution in [3.63, 3.8) is 0 Å². The van der Waals surface area contributed by atoms with Crippen LogP contribution in [-0.2, 0) is 0 Å². The minimum atomic E-state index is 0.319. The molecule has 0 radical (unpaired) electrons. The topological polar surface area (TPSA) is 20.2 Å². The second-order valence-corrected chi connectivity index (χ2v) is 1.42. The molecule has 1 nitrogen and oxygen atoms in total. The molecule has 0 saturated carbocycles. The van der Waals surface area contributed by atoms with E-state index in [2.05, 4.69) is 13.5 Å². The van der Waals surface area contributed by atoms with E-state index >= 15 is 0 Å². The summed E-state index contributed by atoms with van der Waals surface area (Å²) in [7, 11) is 0. The summed E-state index contributed by atoms with van der Waals surface area (Å²) in [6, 6.07) is 0. The van der Waals surface area contributed by atoms with Crippen molar-refractivity contribution >= 4 is 0 Å². The summed E-state index contributed by atoms with van der Waals surface area (Å²) in [4.78, 5) is 0. The Morgan fingerprint density at radius 1 is 1.50 bits per heavy atom. The Labute approximate surface area is 52.0 Å². The van der Waals surface area contributed by atoms with Crippen molar-refractivity contribution < 1.29 is 5.11 Å². The smallest absolute Gasteiger partial charge is 0.0428 e. The third-order valence-electron chi connectivity index (χ3n) is 0.512. The highest BCUT2D eigenvalue weighted by molar-refractivity contribution is 4.60. The van der Waals surface area contributed by atoms with Gasteiger partial charge in [-0.3, -0.25) is 0 Å². The number of rotatable bonds is 2. The lowest BCUT2D eigenvalue weighted by Crippen LogP contribution is -1.69. The Balaban J connectivity index is 0. The van der Waals surface area contributed by atoms with E-state index in [9.17, 15) is 0 Å². The summed E-state index contributed by atoms with van der Waals surface area (Å²) in [5, 5.41) is 7.88. The van der Waals surface area contributed by atoms with Crippen molar-refractivity contribution in [1.82, 2.24) is 0 Å². The van der Waals surface area contributed by atoms with E-state index in [1.165, 1.54) is 0 Å². The average molecular weight is 116 g/mol. The molecule has 0 unspecified atom stereocenters. The molecule has 0 heterocycles.